The average molecular weight is 175 g/mol. The Balaban J connectivity index is 2.28. The monoisotopic (exact) mass is 175 g/mol. The van der Waals surface area contributed by atoms with Crippen LogP contribution in [0, 0.1) is 5.92 Å². The number of likely N-dealkylation sites (tertiary alicyclic amines) is 1. The van der Waals surface area contributed by atoms with E-state index in [1.54, 1.807) is 0 Å². The van der Waals surface area contributed by atoms with Crippen LogP contribution in [-0.4, -0.2) is 41.5 Å². The molecule has 1 N–H and O–H groups in total. The molecule has 0 aromatic heterocycles. The van der Waals surface area contributed by atoms with Gasteiger partial charge in [0.05, 0.1) is 6.10 Å². The zero-order valence-corrected chi connectivity index (χ0v) is 7.93. The van der Waals surface area contributed by atoms with Crippen molar-refractivity contribution in [1.82, 2.24) is 4.90 Å². The highest BCUT2D eigenvalue weighted by molar-refractivity contribution is 7.80. The molecule has 66 valence electrons. The standard InChI is InChI=1S/C8H17NOS/c1-7-6-9(4-5-11)3-2-8(7)10/h7-8,10-11H,2-6H2,1H3. The van der Waals surface area contributed by atoms with Gasteiger partial charge < -0.3 is 10.0 Å². The molecule has 1 aliphatic heterocycles. The van der Waals surface area contributed by atoms with Gasteiger partial charge in [0.15, 0.2) is 0 Å². The number of hydrogen-bond acceptors (Lipinski definition) is 3. The molecule has 1 heterocycles. The van der Waals surface area contributed by atoms with Crippen LogP contribution < -0.4 is 0 Å². The molecule has 0 saturated carbocycles. The quantitative estimate of drug-likeness (QED) is 0.601. The van der Waals surface area contributed by atoms with Gasteiger partial charge in [-0.2, -0.15) is 12.6 Å². The number of hydrogen-bond donors (Lipinski definition) is 2. The van der Waals surface area contributed by atoms with Gasteiger partial charge in [-0.25, -0.2) is 0 Å². The molecule has 1 rings (SSSR count). The summed E-state index contributed by atoms with van der Waals surface area (Å²) in [5.74, 6) is 1.35. The summed E-state index contributed by atoms with van der Waals surface area (Å²) in [5.41, 5.74) is 0. The van der Waals surface area contributed by atoms with Gasteiger partial charge in [0.25, 0.3) is 0 Å². The minimum atomic E-state index is -0.0776. The zero-order valence-electron chi connectivity index (χ0n) is 7.03. The number of piperidine rings is 1. The van der Waals surface area contributed by atoms with Crippen molar-refractivity contribution in [3.05, 3.63) is 0 Å². The lowest BCUT2D eigenvalue weighted by Crippen LogP contribution is -2.42. The van der Waals surface area contributed by atoms with E-state index in [4.69, 9.17) is 0 Å². The Morgan fingerprint density at radius 3 is 2.91 bits per heavy atom. The van der Waals surface area contributed by atoms with E-state index < -0.39 is 0 Å². The summed E-state index contributed by atoms with van der Waals surface area (Å²) in [6, 6.07) is 0. The summed E-state index contributed by atoms with van der Waals surface area (Å²) in [7, 11) is 0. The van der Waals surface area contributed by atoms with E-state index in [1.807, 2.05) is 0 Å². The molecule has 2 nitrogen and oxygen atoms in total. The van der Waals surface area contributed by atoms with Crippen LogP contribution in [0.4, 0.5) is 0 Å². The van der Waals surface area contributed by atoms with Gasteiger partial charge in [0.1, 0.15) is 0 Å². The van der Waals surface area contributed by atoms with Crippen molar-refractivity contribution >= 4 is 12.6 Å². The topological polar surface area (TPSA) is 23.5 Å². The lowest BCUT2D eigenvalue weighted by molar-refractivity contribution is 0.0377. The second-order valence-electron chi connectivity index (χ2n) is 3.36. The van der Waals surface area contributed by atoms with E-state index in [2.05, 4.69) is 24.5 Å². The predicted molar refractivity (Wildman–Crippen MR) is 50.1 cm³/mol. The molecule has 1 fully saturated rings. The molecule has 0 aliphatic carbocycles. The molecule has 0 spiro atoms. The molecule has 3 heteroatoms. The fraction of sp³-hybridized carbons (Fsp3) is 1.00. The summed E-state index contributed by atoms with van der Waals surface area (Å²) in [4.78, 5) is 2.37. The van der Waals surface area contributed by atoms with Crippen LogP contribution >= 0.6 is 12.6 Å². The molecule has 1 saturated heterocycles. The first-order valence-corrected chi connectivity index (χ1v) is 4.88. The Hall–Kier alpha value is 0.270. The van der Waals surface area contributed by atoms with E-state index in [9.17, 15) is 5.11 Å². The molecule has 2 unspecified atom stereocenters. The van der Waals surface area contributed by atoms with Gasteiger partial charge in [-0.1, -0.05) is 6.92 Å². The Bertz CT molecular complexity index is 121. The number of nitrogens with zero attached hydrogens (tertiary/aromatic N) is 1. The molecule has 0 amide bonds. The van der Waals surface area contributed by atoms with E-state index in [0.717, 1.165) is 31.8 Å². The molecule has 1 aliphatic rings. The van der Waals surface area contributed by atoms with Crippen LogP contribution in [0.1, 0.15) is 13.3 Å². The first-order chi connectivity index (χ1) is 5.24. The zero-order chi connectivity index (χ0) is 8.27. The highest BCUT2D eigenvalue weighted by Crippen LogP contribution is 2.15. The minimum Gasteiger partial charge on any atom is -0.393 e. The van der Waals surface area contributed by atoms with Crippen molar-refractivity contribution in [3.8, 4) is 0 Å². The lowest BCUT2D eigenvalue weighted by Gasteiger charge is -2.33. The van der Waals surface area contributed by atoms with Crippen LogP contribution in [0.2, 0.25) is 0 Å². The van der Waals surface area contributed by atoms with Crippen molar-refractivity contribution < 1.29 is 5.11 Å². The molecule has 0 aromatic carbocycles. The van der Waals surface area contributed by atoms with Gasteiger partial charge in [0.2, 0.25) is 0 Å². The molecule has 0 aromatic rings. The number of aliphatic hydroxyl groups excluding tert-OH is 1. The van der Waals surface area contributed by atoms with Gasteiger partial charge in [-0.3, -0.25) is 0 Å². The van der Waals surface area contributed by atoms with E-state index >= 15 is 0 Å². The lowest BCUT2D eigenvalue weighted by atomic mass is 9.97. The minimum absolute atomic E-state index is 0.0776. The van der Waals surface area contributed by atoms with Crippen LogP contribution in [0.5, 0.6) is 0 Å². The second kappa shape index (κ2) is 4.33. The maximum Gasteiger partial charge on any atom is 0.0590 e. The summed E-state index contributed by atoms with van der Waals surface area (Å²) >= 11 is 4.18. The molecule has 11 heavy (non-hydrogen) atoms. The summed E-state index contributed by atoms with van der Waals surface area (Å²) in [6.45, 7) is 5.23. The Morgan fingerprint density at radius 2 is 2.36 bits per heavy atom. The maximum atomic E-state index is 9.42. The Kier molecular flexibility index (Phi) is 3.69. The van der Waals surface area contributed by atoms with Crippen molar-refractivity contribution in [1.29, 1.82) is 0 Å². The van der Waals surface area contributed by atoms with E-state index in [1.165, 1.54) is 0 Å². The Morgan fingerprint density at radius 1 is 1.64 bits per heavy atom. The number of thiol groups is 1. The van der Waals surface area contributed by atoms with Crippen LogP contribution in [0.3, 0.4) is 0 Å². The fourth-order valence-electron chi connectivity index (χ4n) is 1.56. The van der Waals surface area contributed by atoms with E-state index in [0.29, 0.717) is 5.92 Å². The molecular formula is C8H17NOS. The molecule has 0 bridgehead atoms. The number of aliphatic hydroxyl groups is 1. The SMILES string of the molecule is CC1CN(CCS)CCC1O. The normalized spacial score (nSPS) is 34.1. The Labute approximate surface area is 74.0 Å². The first-order valence-electron chi connectivity index (χ1n) is 4.25. The van der Waals surface area contributed by atoms with Gasteiger partial charge >= 0.3 is 0 Å². The van der Waals surface area contributed by atoms with Crippen molar-refractivity contribution in [2.45, 2.75) is 19.4 Å². The smallest absolute Gasteiger partial charge is 0.0590 e. The van der Waals surface area contributed by atoms with Gasteiger partial charge in [-0.05, 0) is 12.3 Å². The average Bonchev–Trinajstić information content (AvgIpc) is 1.98. The van der Waals surface area contributed by atoms with Gasteiger partial charge in [-0.15, -0.1) is 0 Å². The maximum absolute atomic E-state index is 9.42. The fourth-order valence-corrected chi connectivity index (χ4v) is 1.85. The summed E-state index contributed by atoms with van der Waals surface area (Å²) in [5, 5.41) is 9.42. The largest absolute Gasteiger partial charge is 0.393 e. The number of rotatable bonds is 2. The third-order valence-electron chi connectivity index (χ3n) is 2.36. The van der Waals surface area contributed by atoms with Crippen molar-refractivity contribution in [2.24, 2.45) is 5.92 Å². The van der Waals surface area contributed by atoms with Crippen LogP contribution in [0.15, 0.2) is 0 Å². The van der Waals surface area contributed by atoms with Crippen LogP contribution in [0.25, 0.3) is 0 Å². The van der Waals surface area contributed by atoms with E-state index in [-0.39, 0.29) is 6.10 Å². The molecular weight excluding hydrogens is 158 g/mol. The second-order valence-corrected chi connectivity index (χ2v) is 3.80. The van der Waals surface area contributed by atoms with Crippen molar-refractivity contribution in [2.75, 3.05) is 25.4 Å². The highest BCUT2D eigenvalue weighted by atomic mass is 32.1. The first kappa shape index (κ1) is 9.36. The predicted octanol–water partition coefficient (Wildman–Crippen LogP) is 0.619. The molecule has 0 radical (unpaired) electrons. The molecule has 2 atom stereocenters. The van der Waals surface area contributed by atoms with Crippen LogP contribution in [-0.2, 0) is 0 Å². The third kappa shape index (κ3) is 2.65. The summed E-state index contributed by atoms with van der Waals surface area (Å²) < 4.78 is 0. The highest BCUT2D eigenvalue weighted by Gasteiger charge is 2.22. The third-order valence-corrected chi connectivity index (χ3v) is 2.56. The van der Waals surface area contributed by atoms with Crippen molar-refractivity contribution in [3.63, 3.8) is 0 Å². The summed E-state index contributed by atoms with van der Waals surface area (Å²) in [6.07, 6.45) is 0.848. The van der Waals surface area contributed by atoms with Gasteiger partial charge in [0, 0.05) is 25.4 Å².